The van der Waals surface area contributed by atoms with Crippen molar-refractivity contribution < 1.29 is 41.8 Å². The van der Waals surface area contributed by atoms with Crippen LogP contribution in [0.15, 0.2) is 47.5 Å². The fourth-order valence-electron chi connectivity index (χ4n) is 3.29. The zero-order chi connectivity index (χ0) is 22.6. The van der Waals surface area contributed by atoms with Gasteiger partial charge in [0.15, 0.2) is 0 Å². The highest BCUT2D eigenvalue weighted by atomic mass is 19.4. The largest absolute Gasteiger partial charge is 0.490 e. The summed E-state index contributed by atoms with van der Waals surface area (Å²) in [5, 5.41) is 7.12. The van der Waals surface area contributed by atoms with Gasteiger partial charge in [-0.2, -0.15) is 13.2 Å². The predicted octanol–water partition coefficient (Wildman–Crippen LogP) is 1.56. The Morgan fingerprint density at radius 1 is 1.26 bits per heavy atom. The SMILES string of the molecule is O=C(O)C(F)(F)F.O=C(c1ccoc1)N1C[C@@H]2[C@@H](C1)OCC(=O)N2Cc1cccnc1. The van der Waals surface area contributed by atoms with Gasteiger partial charge in [-0.25, -0.2) is 4.79 Å². The number of amides is 2. The second kappa shape index (κ2) is 9.16. The van der Waals surface area contributed by atoms with Gasteiger partial charge in [0.1, 0.15) is 12.9 Å². The molecule has 0 spiro atoms. The van der Waals surface area contributed by atoms with Gasteiger partial charge in [-0.3, -0.25) is 14.6 Å². The van der Waals surface area contributed by atoms with Gasteiger partial charge in [-0.1, -0.05) is 6.07 Å². The van der Waals surface area contributed by atoms with Gasteiger partial charge < -0.3 is 24.1 Å². The smallest absolute Gasteiger partial charge is 0.475 e. The second-order valence-electron chi connectivity index (χ2n) is 6.82. The maximum atomic E-state index is 12.5. The van der Waals surface area contributed by atoms with Crippen LogP contribution in [-0.4, -0.2) is 75.7 Å². The van der Waals surface area contributed by atoms with Crippen LogP contribution in [0.2, 0.25) is 0 Å². The number of carboxylic acid groups (broad SMARTS) is 1. The molecule has 2 fully saturated rings. The Morgan fingerprint density at radius 2 is 2.00 bits per heavy atom. The zero-order valence-electron chi connectivity index (χ0n) is 16.0. The standard InChI is InChI=1S/C17H17N3O4.C2HF3O2/c21-16-11-24-15-9-19(17(22)13-3-5-23-10-13)8-14(15)20(16)7-12-2-1-4-18-6-12;3-2(4,5)1(6)7/h1-6,10,14-15H,7-9,11H2;(H,6,7)/t14-,15-;/m1./s1. The lowest BCUT2D eigenvalue weighted by molar-refractivity contribution is -0.192. The molecule has 2 aromatic heterocycles. The van der Waals surface area contributed by atoms with E-state index in [0.717, 1.165) is 5.56 Å². The number of carbonyl (C=O) groups excluding carboxylic acids is 2. The molecule has 4 rings (SSSR count). The normalized spacial score (nSPS) is 20.7. The molecule has 0 aromatic carbocycles. The zero-order valence-corrected chi connectivity index (χ0v) is 16.0. The Morgan fingerprint density at radius 3 is 2.58 bits per heavy atom. The van der Waals surface area contributed by atoms with E-state index in [1.54, 1.807) is 28.3 Å². The first-order valence-corrected chi connectivity index (χ1v) is 9.08. The Kier molecular flexibility index (Phi) is 6.59. The third kappa shape index (κ3) is 5.40. The Bertz CT molecular complexity index is 920. The summed E-state index contributed by atoms with van der Waals surface area (Å²) < 4.78 is 42.4. The topological polar surface area (TPSA) is 113 Å². The number of hydrogen-bond donors (Lipinski definition) is 1. The van der Waals surface area contributed by atoms with E-state index in [0.29, 0.717) is 25.2 Å². The number of aromatic nitrogens is 1. The molecule has 2 amide bonds. The minimum absolute atomic E-state index is 0.0508. The van der Waals surface area contributed by atoms with E-state index < -0.39 is 12.1 Å². The number of morpholine rings is 1. The van der Waals surface area contributed by atoms with Gasteiger partial charge in [0, 0.05) is 32.0 Å². The summed E-state index contributed by atoms with van der Waals surface area (Å²) in [5.41, 5.74) is 1.48. The van der Waals surface area contributed by atoms with Crippen molar-refractivity contribution in [1.82, 2.24) is 14.8 Å². The molecule has 9 nitrogen and oxygen atoms in total. The van der Waals surface area contributed by atoms with Gasteiger partial charge in [-0.05, 0) is 17.7 Å². The number of hydrogen-bond acceptors (Lipinski definition) is 6. The number of nitrogens with zero attached hydrogens (tertiary/aromatic N) is 3. The monoisotopic (exact) mass is 441 g/mol. The van der Waals surface area contributed by atoms with Gasteiger partial charge in [0.25, 0.3) is 5.91 Å². The van der Waals surface area contributed by atoms with E-state index in [1.807, 2.05) is 12.1 Å². The number of alkyl halides is 3. The van der Waals surface area contributed by atoms with Crippen LogP contribution in [0.1, 0.15) is 15.9 Å². The first kappa shape index (κ1) is 22.3. The van der Waals surface area contributed by atoms with Crippen molar-refractivity contribution in [3.63, 3.8) is 0 Å². The lowest BCUT2D eigenvalue weighted by Crippen LogP contribution is -2.53. The van der Waals surface area contributed by atoms with E-state index in [-0.39, 0.29) is 30.6 Å². The predicted molar refractivity (Wildman–Crippen MR) is 96.6 cm³/mol. The molecule has 1 N–H and O–H groups in total. The van der Waals surface area contributed by atoms with Crippen LogP contribution >= 0.6 is 0 Å². The van der Waals surface area contributed by atoms with Crippen molar-refractivity contribution in [3.8, 4) is 0 Å². The van der Waals surface area contributed by atoms with E-state index >= 15 is 0 Å². The highest BCUT2D eigenvalue weighted by Crippen LogP contribution is 2.26. The van der Waals surface area contributed by atoms with Crippen molar-refractivity contribution in [2.75, 3.05) is 19.7 Å². The number of carbonyl (C=O) groups is 3. The number of rotatable bonds is 3. The van der Waals surface area contributed by atoms with Crippen LogP contribution in [0.3, 0.4) is 0 Å². The van der Waals surface area contributed by atoms with Gasteiger partial charge in [0.2, 0.25) is 5.91 Å². The quantitative estimate of drug-likeness (QED) is 0.769. The Labute approximate surface area is 174 Å². The summed E-state index contributed by atoms with van der Waals surface area (Å²) >= 11 is 0. The van der Waals surface area contributed by atoms with Crippen molar-refractivity contribution in [3.05, 3.63) is 54.2 Å². The number of furan rings is 1. The third-order valence-electron chi connectivity index (χ3n) is 4.75. The first-order valence-electron chi connectivity index (χ1n) is 9.08. The number of likely N-dealkylation sites (tertiary alicyclic amines) is 1. The van der Waals surface area contributed by atoms with Crippen molar-refractivity contribution >= 4 is 17.8 Å². The molecule has 0 radical (unpaired) electrons. The van der Waals surface area contributed by atoms with Crippen molar-refractivity contribution in [1.29, 1.82) is 0 Å². The summed E-state index contributed by atoms with van der Waals surface area (Å²) in [7, 11) is 0. The molecule has 0 aliphatic carbocycles. The van der Waals surface area contributed by atoms with Crippen LogP contribution in [0.5, 0.6) is 0 Å². The lowest BCUT2D eigenvalue weighted by atomic mass is 10.1. The van der Waals surface area contributed by atoms with Crippen LogP contribution in [-0.2, 0) is 20.9 Å². The maximum absolute atomic E-state index is 12.5. The molecule has 12 heteroatoms. The summed E-state index contributed by atoms with van der Waals surface area (Å²) in [6.07, 6.45) is 1.12. The van der Waals surface area contributed by atoms with Crippen molar-refractivity contribution in [2.24, 2.45) is 0 Å². The highest BCUT2D eigenvalue weighted by Gasteiger charge is 2.44. The molecular weight excluding hydrogens is 423 g/mol. The van der Waals surface area contributed by atoms with Crippen LogP contribution in [0, 0.1) is 0 Å². The molecule has 0 saturated carbocycles. The van der Waals surface area contributed by atoms with E-state index in [9.17, 15) is 22.8 Å². The van der Waals surface area contributed by atoms with Gasteiger partial charge in [0.05, 0.1) is 24.0 Å². The fraction of sp³-hybridized carbons (Fsp3) is 0.368. The number of ether oxygens (including phenoxy) is 1. The number of fused-ring (bicyclic) bond motifs is 1. The molecule has 2 saturated heterocycles. The molecule has 0 unspecified atom stereocenters. The molecule has 4 heterocycles. The maximum Gasteiger partial charge on any atom is 0.490 e. The molecule has 2 aliphatic heterocycles. The number of aliphatic carboxylic acids is 1. The molecule has 2 aromatic rings. The molecule has 166 valence electrons. The summed E-state index contributed by atoms with van der Waals surface area (Å²) in [6.45, 7) is 1.46. The van der Waals surface area contributed by atoms with E-state index in [2.05, 4.69) is 4.98 Å². The molecule has 2 aliphatic rings. The Hall–Kier alpha value is -3.41. The number of pyridine rings is 1. The molecular formula is C19H18F3N3O6. The Balaban J connectivity index is 0.000000339. The summed E-state index contributed by atoms with van der Waals surface area (Å²) in [4.78, 5) is 41.3. The van der Waals surface area contributed by atoms with Gasteiger partial charge in [-0.15, -0.1) is 0 Å². The minimum Gasteiger partial charge on any atom is -0.475 e. The van der Waals surface area contributed by atoms with Crippen LogP contribution < -0.4 is 0 Å². The molecule has 2 atom stereocenters. The van der Waals surface area contributed by atoms with Crippen LogP contribution in [0.4, 0.5) is 13.2 Å². The first-order chi connectivity index (χ1) is 14.7. The van der Waals surface area contributed by atoms with Crippen molar-refractivity contribution in [2.45, 2.75) is 24.9 Å². The third-order valence-corrected chi connectivity index (χ3v) is 4.75. The van der Waals surface area contributed by atoms with E-state index in [4.69, 9.17) is 19.1 Å². The van der Waals surface area contributed by atoms with E-state index in [1.165, 1.54) is 12.5 Å². The lowest BCUT2D eigenvalue weighted by Gasteiger charge is -2.36. The van der Waals surface area contributed by atoms with Crippen LogP contribution in [0.25, 0.3) is 0 Å². The average molecular weight is 441 g/mol. The number of halogens is 3. The number of carboxylic acids is 1. The second-order valence-corrected chi connectivity index (χ2v) is 6.82. The fourth-order valence-corrected chi connectivity index (χ4v) is 3.29. The highest BCUT2D eigenvalue weighted by molar-refractivity contribution is 5.94. The summed E-state index contributed by atoms with van der Waals surface area (Å²) in [5.74, 6) is -2.92. The van der Waals surface area contributed by atoms with Gasteiger partial charge >= 0.3 is 12.1 Å². The molecule has 0 bridgehead atoms. The average Bonchev–Trinajstić information content (AvgIpc) is 3.40. The minimum atomic E-state index is -5.08. The summed E-state index contributed by atoms with van der Waals surface area (Å²) in [6, 6.07) is 5.29. The molecule has 31 heavy (non-hydrogen) atoms.